The molecule has 1 aliphatic carbocycles. The average Bonchev–Trinajstić information content (AvgIpc) is 3.32. The van der Waals surface area contributed by atoms with E-state index >= 15 is 0 Å². The number of carbonyl (C=O) groups excluding carboxylic acids is 3. The zero-order valence-electron chi connectivity index (χ0n) is 21.5. The lowest BCUT2D eigenvalue weighted by Crippen LogP contribution is -2.41. The van der Waals surface area contributed by atoms with Crippen molar-refractivity contribution in [2.45, 2.75) is 32.7 Å². The Hall–Kier alpha value is -4.59. The van der Waals surface area contributed by atoms with Crippen molar-refractivity contribution in [2.24, 2.45) is 5.92 Å². The Morgan fingerprint density at radius 2 is 1.95 bits per heavy atom. The SMILES string of the molecule is COC(=O)CNC(=O)C[C@H](CC(C)C)NC(=O)c1cc(-c2c(O)cccc2OC)n(C2=C=C=C(F)C=C2)n1. The number of hydrogen-bond acceptors (Lipinski definition) is 7. The van der Waals surface area contributed by atoms with E-state index in [4.69, 9.17) is 4.74 Å². The van der Waals surface area contributed by atoms with Crippen LogP contribution in [-0.2, 0) is 14.3 Å². The smallest absolute Gasteiger partial charge is 0.325 e. The first-order valence-corrected chi connectivity index (χ1v) is 11.8. The summed E-state index contributed by atoms with van der Waals surface area (Å²) in [6, 6.07) is 5.60. The van der Waals surface area contributed by atoms with Crippen molar-refractivity contribution >= 4 is 23.5 Å². The molecule has 1 heterocycles. The minimum absolute atomic E-state index is 0.0215. The highest BCUT2D eigenvalue weighted by Gasteiger charge is 2.25. The maximum Gasteiger partial charge on any atom is 0.325 e. The first-order valence-electron chi connectivity index (χ1n) is 11.8. The number of halogens is 1. The van der Waals surface area contributed by atoms with Gasteiger partial charge in [-0.25, -0.2) is 4.68 Å². The van der Waals surface area contributed by atoms with Crippen LogP contribution in [0.4, 0.5) is 4.39 Å². The molecule has 1 aliphatic rings. The summed E-state index contributed by atoms with van der Waals surface area (Å²) in [5.74, 6) is -1.86. The van der Waals surface area contributed by atoms with Crippen LogP contribution in [0.2, 0.25) is 0 Å². The highest BCUT2D eigenvalue weighted by atomic mass is 19.1. The molecule has 200 valence electrons. The fourth-order valence-electron chi connectivity index (χ4n) is 3.84. The second-order valence-electron chi connectivity index (χ2n) is 8.85. The first kappa shape index (κ1) is 28.0. The summed E-state index contributed by atoms with van der Waals surface area (Å²) in [7, 11) is 2.66. The number of aromatic hydroxyl groups is 1. The molecule has 0 saturated carbocycles. The van der Waals surface area contributed by atoms with Crippen molar-refractivity contribution in [1.29, 1.82) is 0 Å². The number of phenols is 1. The second-order valence-corrected chi connectivity index (χ2v) is 8.85. The van der Waals surface area contributed by atoms with E-state index in [1.807, 2.05) is 13.8 Å². The Kier molecular flexibility index (Phi) is 9.27. The second kappa shape index (κ2) is 12.6. The highest BCUT2D eigenvalue weighted by molar-refractivity contribution is 5.95. The third-order valence-electron chi connectivity index (χ3n) is 5.53. The van der Waals surface area contributed by atoms with Crippen LogP contribution < -0.4 is 15.4 Å². The van der Waals surface area contributed by atoms with Crippen molar-refractivity contribution in [3.05, 3.63) is 59.4 Å². The van der Waals surface area contributed by atoms with E-state index in [1.165, 1.54) is 43.2 Å². The van der Waals surface area contributed by atoms with Gasteiger partial charge in [-0.1, -0.05) is 19.9 Å². The summed E-state index contributed by atoms with van der Waals surface area (Å²) in [6.07, 6.45) is 3.00. The number of amides is 2. The maximum absolute atomic E-state index is 13.5. The van der Waals surface area contributed by atoms with Gasteiger partial charge >= 0.3 is 5.97 Å². The van der Waals surface area contributed by atoms with Crippen LogP contribution in [0, 0.1) is 5.92 Å². The lowest BCUT2D eigenvalue weighted by molar-refractivity contribution is -0.141. The van der Waals surface area contributed by atoms with Crippen molar-refractivity contribution in [3.63, 3.8) is 0 Å². The van der Waals surface area contributed by atoms with Crippen molar-refractivity contribution < 1.29 is 33.4 Å². The van der Waals surface area contributed by atoms with Crippen LogP contribution in [0.1, 0.15) is 37.2 Å². The van der Waals surface area contributed by atoms with E-state index in [9.17, 15) is 23.9 Å². The van der Waals surface area contributed by atoms with Crippen molar-refractivity contribution in [3.8, 4) is 22.8 Å². The number of methoxy groups -OCH3 is 2. The summed E-state index contributed by atoms with van der Waals surface area (Å²) in [4.78, 5) is 37.0. The van der Waals surface area contributed by atoms with Crippen LogP contribution in [0.15, 0.2) is 53.7 Å². The van der Waals surface area contributed by atoms with Gasteiger partial charge in [-0.15, -0.1) is 0 Å². The normalized spacial score (nSPS) is 13.0. The molecule has 0 radical (unpaired) electrons. The fraction of sp³-hybridized carbons (Fsp3) is 0.333. The van der Waals surface area contributed by atoms with Gasteiger partial charge in [-0.2, -0.15) is 9.49 Å². The van der Waals surface area contributed by atoms with Crippen LogP contribution in [0.3, 0.4) is 0 Å². The van der Waals surface area contributed by atoms with E-state index in [1.54, 1.807) is 12.1 Å². The Morgan fingerprint density at radius 1 is 1.18 bits per heavy atom. The van der Waals surface area contributed by atoms with Gasteiger partial charge in [0.1, 0.15) is 23.7 Å². The van der Waals surface area contributed by atoms with Crippen molar-refractivity contribution in [2.75, 3.05) is 20.8 Å². The molecule has 0 unspecified atom stereocenters. The number of benzene rings is 1. The van der Waals surface area contributed by atoms with Crippen LogP contribution in [-0.4, -0.2) is 59.5 Å². The quantitative estimate of drug-likeness (QED) is 0.304. The standard InChI is InChI=1S/C27H29FN4O6/c1-16(2)12-18(13-24(34)29-15-25(35)38-4)30-27(36)20-14-21(26-22(33)6-5-7-23(26)37-3)32(31-20)19-10-8-17(28)9-11-19/h5-8,10,14,16,18,33H,12-13,15H2,1-4H3,(H,29,34)(H,30,36)/t18-/m0/s1. The molecule has 1 aromatic carbocycles. The summed E-state index contributed by atoms with van der Waals surface area (Å²) in [5.41, 5.74) is 5.78. The largest absolute Gasteiger partial charge is 0.507 e. The Morgan fingerprint density at radius 3 is 2.58 bits per heavy atom. The molecule has 0 fully saturated rings. The minimum atomic E-state index is -0.623. The predicted molar refractivity (Wildman–Crippen MR) is 137 cm³/mol. The van der Waals surface area contributed by atoms with E-state index < -0.39 is 29.7 Å². The van der Waals surface area contributed by atoms with E-state index in [-0.39, 0.29) is 47.3 Å². The number of ether oxygens (including phenoxy) is 2. The Labute approximate surface area is 219 Å². The maximum atomic E-state index is 13.5. The zero-order chi connectivity index (χ0) is 27.8. The van der Waals surface area contributed by atoms with Gasteiger partial charge in [0, 0.05) is 12.5 Å². The molecule has 1 aromatic heterocycles. The number of phenolic OH excluding ortho intramolecular Hbond substituents is 1. The first-order chi connectivity index (χ1) is 18.1. The third-order valence-corrected chi connectivity index (χ3v) is 5.53. The topological polar surface area (TPSA) is 132 Å². The van der Waals surface area contributed by atoms with Gasteiger partial charge < -0.3 is 25.2 Å². The molecule has 0 spiro atoms. The summed E-state index contributed by atoms with van der Waals surface area (Å²) in [6.45, 7) is 3.62. The van der Waals surface area contributed by atoms with Gasteiger partial charge in [-0.3, -0.25) is 14.4 Å². The van der Waals surface area contributed by atoms with Gasteiger partial charge in [0.2, 0.25) is 5.91 Å². The Balaban J connectivity index is 1.96. The number of esters is 1. The zero-order valence-corrected chi connectivity index (χ0v) is 21.5. The van der Waals surface area contributed by atoms with E-state index in [2.05, 4.69) is 31.9 Å². The number of carbonyl (C=O) groups is 3. The molecule has 10 nitrogen and oxygen atoms in total. The molecule has 2 aromatic rings. The lowest BCUT2D eigenvalue weighted by atomic mass is 10.0. The van der Waals surface area contributed by atoms with Gasteiger partial charge in [0.15, 0.2) is 11.5 Å². The monoisotopic (exact) mass is 524 g/mol. The number of allylic oxidation sites excluding steroid dienone is 4. The van der Waals surface area contributed by atoms with Crippen LogP contribution >= 0.6 is 0 Å². The number of aromatic nitrogens is 2. The fourth-order valence-corrected chi connectivity index (χ4v) is 3.84. The average molecular weight is 525 g/mol. The molecular weight excluding hydrogens is 495 g/mol. The Bertz CT molecular complexity index is 1360. The van der Waals surface area contributed by atoms with Crippen molar-refractivity contribution in [1.82, 2.24) is 20.4 Å². The van der Waals surface area contributed by atoms with Crippen LogP contribution in [0.5, 0.6) is 11.5 Å². The van der Waals surface area contributed by atoms with E-state index in [0.29, 0.717) is 12.2 Å². The highest BCUT2D eigenvalue weighted by Crippen LogP contribution is 2.39. The predicted octanol–water partition coefficient (Wildman–Crippen LogP) is 3.11. The lowest BCUT2D eigenvalue weighted by Gasteiger charge is -2.19. The van der Waals surface area contributed by atoms with Crippen LogP contribution in [0.25, 0.3) is 17.0 Å². The molecule has 0 aliphatic heterocycles. The molecule has 11 heteroatoms. The number of rotatable bonds is 11. The molecule has 3 rings (SSSR count). The molecule has 1 atom stereocenters. The van der Waals surface area contributed by atoms with E-state index in [0.717, 1.165) is 0 Å². The summed E-state index contributed by atoms with van der Waals surface area (Å²) >= 11 is 0. The third kappa shape index (κ3) is 7.00. The number of nitrogens with one attached hydrogen (secondary N) is 2. The molecule has 2 amide bonds. The van der Waals surface area contributed by atoms with Gasteiger partial charge in [0.25, 0.3) is 5.91 Å². The number of hydrogen-bond donors (Lipinski definition) is 3. The summed E-state index contributed by atoms with van der Waals surface area (Å²) in [5, 5.41) is 20.3. The molecular formula is C27H29FN4O6. The molecule has 3 N–H and O–H groups in total. The molecule has 0 saturated heterocycles. The summed E-state index contributed by atoms with van der Waals surface area (Å²) < 4.78 is 24.8. The molecule has 38 heavy (non-hydrogen) atoms. The molecule has 0 bridgehead atoms. The van der Waals surface area contributed by atoms with Gasteiger partial charge in [0.05, 0.1) is 25.5 Å². The minimum Gasteiger partial charge on any atom is -0.507 e. The number of nitrogens with zero attached hydrogens (tertiary/aromatic N) is 2. The van der Waals surface area contributed by atoms with Gasteiger partial charge in [-0.05, 0) is 54.2 Å².